The maximum absolute atomic E-state index is 12.5. The SMILES string of the molecule is Nc1ccn(C[C@H]2CC2(F)F)c(=O)n1. The van der Waals surface area contributed by atoms with Gasteiger partial charge >= 0.3 is 5.69 Å². The van der Waals surface area contributed by atoms with E-state index < -0.39 is 17.5 Å². The van der Waals surface area contributed by atoms with Gasteiger partial charge < -0.3 is 5.73 Å². The highest BCUT2D eigenvalue weighted by atomic mass is 19.3. The van der Waals surface area contributed by atoms with Crippen LogP contribution in [0.1, 0.15) is 6.42 Å². The average Bonchev–Trinajstić information content (AvgIpc) is 2.65. The number of halogens is 2. The Hall–Kier alpha value is -1.46. The van der Waals surface area contributed by atoms with Crippen LogP contribution in [0.2, 0.25) is 0 Å². The van der Waals surface area contributed by atoms with E-state index in [9.17, 15) is 13.6 Å². The second-order valence-corrected chi connectivity index (χ2v) is 3.45. The maximum Gasteiger partial charge on any atom is 0.349 e. The van der Waals surface area contributed by atoms with Crippen molar-refractivity contribution in [2.45, 2.75) is 18.9 Å². The van der Waals surface area contributed by atoms with Crippen LogP contribution in [-0.4, -0.2) is 15.5 Å². The zero-order valence-electron chi connectivity index (χ0n) is 7.28. The molecule has 2 N–H and O–H groups in total. The van der Waals surface area contributed by atoms with Crippen molar-refractivity contribution >= 4 is 5.82 Å². The number of alkyl halides is 2. The predicted octanol–water partition coefficient (Wildman–Crippen LogP) is 0.481. The van der Waals surface area contributed by atoms with E-state index in [1.165, 1.54) is 12.3 Å². The lowest BCUT2D eigenvalue weighted by Crippen LogP contribution is -2.24. The number of rotatable bonds is 2. The summed E-state index contributed by atoms with van der Waals surface area (Å²) in [5.74, 6) is -3.24. The van der Waals surface area contributed by atoms with E-state index in [2.05, 4.69) is 4.98 Å². The fraction of sp³-hybridized carbons (Fsp3) is 0.500. The molecule has 0 aromatic carbocycles. The van der Waals surface area contributed by atoms with Crippen LogP contribution in [0.25, 0.3) is 0 Å². The molecule has 1 fully saturated rings. The summed E-state index contributed by atoms with van der Waals surface area (Å²) in [6.07, 6.45) is 1.24. The van der Waals surface area contributed by atoms with Crippen molar-refractivity contribution in [2.75, 3.05) is 5.73 Å². The summed E-state index contributed by atoms with van der Waals surface area (Å²) in [5.41, 5.74) is 4.68. The molecule has 14 heavy (non-hydrogen) atoms. The number of hydrogen-bond donors (Lipinski definition) is 1. The van der Waals surface area contributed by atoms with Gasteiger partial charge in [0, 0.05) is 25.1 Å². The minimum absolute atomic E-state index is 0.0130. The maximum atomic E-state index is 12.5. The van der Waals surface area contributed by atoms with E-state index in [0.29, 0.717) is 0 Å². The summed E-state index contributed by atoms with van der Waals surface area (Å²) < 4.78 is 26.2. The van der Waals surface area contributed by atoms with Crippen molar-refractivity contribution in [3.8, 4) is 0 Å². The van der Waals surface area contributed by atoms with Gasteiger partial charge in [-0.1, -0.05) is 0 Å². The smallest absolute Gasteiger partial charge is 0.349 e. The van der Waals surface area contributed by atoms with Gasteiger partial charge in [-0.15, -0.1) is 0 Å². The van der Waals surface area contributed by atoms with Gasteiger partial charge in [-0.2, -0.15) is 4.98 Å². The number of nitrogens with zero attached hydrogens (tertiary/aromatic N) is 2. The summed E-state index contributed by atoms with van der Waals surface area (Å²) in [5, 5.41) is 0. The predicted molar refractivity (Wildman–Crippen MR) is 46.0 cm³/mol. The van der Waals surface area contributed by atoms with E-state index in [1.807, 2.05) is 0 Å². The van der Waals surface area contributed by atoms with Gasteiger partial charge in [0.05, 0.1) is 0 Å². The van der Waals surface area contributed by atoms with Gasteiger partial charge in [0.25, 0.3) is 5.92 Å². The van der Waals surface area contributed by atoms with Crippen molar-refractivity contribution in [3.63, 3.8) is 0 Å². The van der Waals surface area contributed by atoms with Gasteiger partial charge in [-0.05, 0) is 6.07 Å². The topological polar surface area (TPSA) is 60.9 Å². The number of aromatic nitrogens is 2. The Morgan fingerprint density at radius 3 is 2.86 bits per heavy atom. The number of anilines is 1. The van der Waals surface area contributed by atoms with Gasteiger partial charge in [-0.3, -0.25) is 4.57 Å². The third kappa shape index (κ3) is 1.59. The lowest BCUT2D eigenvalue weighted by atomic mass is 10.4. The molecule has 76 valence electrons. The van der Waals surface area contributed by atoms with Crippen molar-refractivity contribution < 1.29 is 8.78 Å². The van der Waals surface area contributed by atoms with Crippen LogP contribution in [-0.2, 0) is 6.54 Å². The largest absolute Gasteiger partial charge is 0.383 e. The molecular weight excluding hydrogens is 192 g/mol. The molecule has 2 rings (SSSR count). The molecule has 0 amide bonds. The molecule has 4 nitrogen and oxygen atoms in total. The Bertz CT molecular complexity index is 415. The summed E-state index contributed by atoms with van der Waals surface area (Å²) in [6.45, 7) is 0.0130. The number of hydrogen-bond acceptors (Lipinski definition) is 3. The van der Waals surface area contributed by atoms with Crippen LogP contribution in [0.3, 0.4) is 0 Å². The molecule has 1 saturated carbocycles. The van der Waals surface area contributed by atoms with E-state index in [0.717, 1.165) is 4.57 Å². The summed E-state index contributed by atoms with van der Waals surface area (Å²) in [6, 6.07) is 1.42. The molecule has 0 unspecified atom stereocenters. The van der Waals surface area contributed by atoms with Gasteiger partial charge in [0.2, 0.25) is 0 Å². The lowest BCUT2D eigenvalue weighted by molar-refractivity contribution is 0.0948. The second-order valence-electron chi connectivity index (χ2n) is 3.45. The first kappa shape index (κ1) is 9.11. The molecule has 1 heterocycles. The minimum Gasteiger partial charge on any atom is -0.383 e. The van der Waals surface area contributed by atoms with Gasteiger partial charge in [0.1, 0.15) is 5.82 Å². The zero-order chi connectivity index (χ0) is 10.3. The van der Waals surface area contributed by atoms with Crippen LogP contribution in [0.4, 0.5) is 14.6 Å². The summed E-state index contributed by atoms with van der Waals surface area (Å²) >= 11 is 0. The fourth-order valence-corrected chi connectivity index (χ4v) is 1.29. The number of nitrogen functional groups attached to an aromatic ring is 1. The first-order chi connectivity index (χ1) is 6.49. The lowest BCUT2D eigenvalue weighted by Gasteiger charge is -2.03. The highest BCUT2D eigenvalue weighted by molar-refractivity contribution is 5.23. The fourth-order valence-electron chi connectivity index (χ4n) is 1.29. The molecule has 1 aliphatic rings. The molecule has 0 spiro atoms. The normalized spacial score (nSPS) is 23.4. The molecule has 6 heteroatoms. The summed E-state index contributed by atoms with van der Waals surface area (Å²) in [7, 11) is 0. The van der Waals surface area contributed by atoms with Crippen LogP contribution in [0, 0.1) is 5.92 Å². The first-order valence-corrected chi connectivity index (χ1v) is 4.20. The molecule has 1 aliphatic carbocycles. The quantitative estimate of drug-likeness (QED) is 0.757. The Labute approximate surface area is 78.4 Å². The van der Waals surface area contributed by atoms with Crippen molar-refractivity contribution in [1.82, 2.24) is 9.55 Å². The van der Waals surface area contributed by atoms with E-state index in [-0.39, 0.29) is 18.8 Å². The molecule has 0 saturated heterocycles. The molecule has 1 aromatic rings. The third-order valence-electron chi connectivity index (χ3n) is 2.27. The molecule has 0 bridgehead atoms. The van der Waals surface area contributed by atoms with Crippen LogP contribution < -0.4 is 11.4 Å². The molecule has 1 aromatic heterocycles. The molecule has 1 atom stereocenters. The molecule has 0 aliphatic heterocycles. The summed E-state index contributed by atoms with van der Waals surface area (Å²) in [4.78, 5) is 14.6. The van der Waals surface area contributed by atoms with Crippen LogP contribution >= 0.6 is 0 Å². The Morgan fingerprint density at radius 1 is 1.71 bits per heavy atom. The Kier molecular flexibility index (Phi) is 1.80. The van der Waals surface area contributed by atoms with Crippen LogP contribution in [0.15, 0.2) is 17.1 Å². The molecule has 0 radical (unpaired) electrons. The monoisotopic (exact) mass is 201 g/mol. The van der Waals surface area contributed by atoms with Crippen molar-refractivity contribution in [2.24, 2.45) is 5.92 Å². The first-order valence-electron chi connectivity index (χ1n) is 4.20. The number of nitrogens with two attached hydrogens (primary N) is 1. The van der Waals surface area contributed by atoms with E-state index >= 15 is 0 Å². The minimum atomic E-state index is -2.61. The Morgan fingerprint density at radius 2 is 2.36 bits per heavy atom. The average molecular weight is 201 g/mol. The highest BCUT2D eigenvalue weighted by Gasteiger charge is 2.56. The second kappa shape index (κ2) is 2.76. The van der Waals surface area contributed by atoms with Crippen molar-refractivity contribution in [3.05, 3.63) is 22.7 Å². The van der Waals surface area contributed by atoms with E-state index in [1.54, 1.807) is 0 Å². The highest BCUT2D eigenvalue weighted by Crippen LogP contribution is 2.49. The van der Waals surface area contributed by atoms with E-state index in [4.69, 9.17) is 5.73 Å². The van der Waals surface area contributed by atoms with Gasteiger partial charge in [0.15, 0.2) is 0 Å². The third-order valence-corrected chi connectivity index (χ3v) is 2.27. The van der Waals surface area contributed by atoms with Gasteiger partial charge in [-0.25, -0.2) is 13.6 Å². The zero-order valence-corrected chi connectivity index (χ0v) is 7.28. The van der Waals surface area contributed by atoms with Crippen LogP contribution in [0.5, 0.6) is 0 Å². The standard InChI is InChI=1S/C8H9F2N3O/c9-8(10)3-5(8)4-13-2-1-6(11)12-7(13)14/h1-2,5H,3-4H2,(H2,11,12,14)/t5-/m1/s1. The molecular formula is C8H9F2N3O. The van der Waals surface area contributed by atoms with Crippen molar-refractivity contribution in [1.29, 1.82) is 0 Å². The Balaban J connectivity index is 2.15.